The largest absolute Gasteiger partial charge is 0.354 e. The minimum atomic E-state index is -3.79. The van der Waals surface area contributed by atoms with Crippen molar-refractivity contribution in [2.24, 2.45) is 5.92 Å². The summed E-state index contributed by atoms with van der Waals surface area (Å²) in [5, 5.41) is 2.82. The summed E-state index contributed by atoms with van der Waals surface area (Å²) in [5.74, 6) is -0.0410. The number of benzene rings is 2. The fourth-order valence-corrected chi connectivity index (χ4v) is 3.89. The van der Waals surface area contributed by atoms with Crippen LogP contribution < -0.4 is 10.0 Å². The van der Waals surface area contributed by atoms with E-state index in [1.165, 1.54) is 12.1 Å². The molecule has 2 aromatic rings. The first kappa shape index (κ1) is 20.9. The van der Waals surface area contributed by atoms with Crippen molar-refractivity contribution in [1.82, 2.24) is 10.0 Å². The summed E-state index contributed by atoms with van der Waals surface area (Å²) in [6.45, 7) is 4.47. The van der Waals surface area contributed by atoms with Crippen molar-refractivity contribution in [2.45, 2.75) is 31.2 Å². The maximum atomic E-state index is 12.7. The Morgan fingerprint density at radius 1 is 1.04 bits per heavy atom. The molecule has 2 aromatic carbocycles. The van der Waals surface area contributed by atoms with E-state index in [1.54, 1.807) is 12.1 Å². The predicted octanol–water partition coefficient (Wildman–Crippen LogP) is 2.95. The molecule has 2 rings (SSSR count). The van der Waals surface area contributed by atoms with Gasteiger partial charge in [-0.25, -0.2) is 8.42 Å². The summed E-state index contributed by atoms with van der Waals surface area (Å²) in [5.41, 5.74) is 0.891. The second kappa shape index (κ2) is 9.48. The number of amides is 1. The van der Waals surface area contributed by atoms with Crippen LogP contribution in [0.1, 0.15) is 19.4 Å². The molecule has 0 unspecified atom stereocenters. The van der Waals surface area contributed by atoms with E-state index in [0.717, 1.165) is 9.13 Å². The highest BCUT2D eigenvalue weighted by Gasteiger charge is 2.26. The van der Waals surface area contributed by atoms with E-state index in [1.807, 2.05) is 44.2 Å². The first-order valence-corrected chi connectivity index (χ1v) is 10.9. The Morgan fingerprint density at radius 3 is 2.23 bits per heavy atom. The van der Waals surface area contributed by atoms with Crippen LogP contribution in [0.4, 0.5) is 0 Å². The maximum absolute atomic E-state index is 12.7. The van der Waals surface area contributed by atoms with E-state index in [4.69, 9.17) is 0 Å². The van der Waals surface area contributed by atoms with Crippen LogP contribution in [0.5, 0.6) is 0 Å². The third kappa shape index (κ3) is 6.37. The third-order valence-corrected chi connectivity index (χ3v) is 5.91. The van der Waals surface area contributed by atoms with E-state index in [0.29, 0.717) is 6.54 Å². The topological polar surface area (TPSA) is 75.3 Å². The molecule has 0 aliphatic heterocycles. The Bertz CT molecular complexity index is 822. The van der Waals surface area contributed by atoms with Gasteiger partial charge in [0.05, 0.1) is 4.90 Å². The summed E-state index contributed by atoms with van der Waals surface area (Å²) >= 11 is 2.11. The molecule has 0 radical (unpaired) electrons. The third-order valence-electron chi connectivity index (χ3n) is 3.71. The van der Waals surface area contributed by atoms with Gasteiger partial charge in [0, 0.05) is 10.1 Å². The Morgan fingerprint density at radius 2 is 1.65 bits per heavy atom. The van der Waals surface area contributed by atoms with Crippen molar-refractivity contribution in [3.63, 3.8) is 0 Å². The fourth-order valence-electron chi connectivity index (χ4n) is 2.33. The number of carbonyl (C=O) groups is 1. The summed E-state index contributed by atoms with van der Waals surface area (Å²) in [6, 6.07) is 15.0. The lowest BCUT2D eigenvalue weighted by Crippen LogP contribution is -2.48. The number of hydrogen-bond donors (Lipinski definition) is 2. The zero-order valence-electron chi connectivity index (χ0n) is 14.8. The van der Waals surface area contributed by atoms with Gasteiger partial charge in [-0.2, -0.15) is 4.72 Å². The molecule has 0 aliphatic rings. The summed E-state index contributed by atoms with van der Waals surface area (Å²) in [7, 11) is -3.79. The normalized spacial score (nSPS) is 12.8. The summed E-state index contributed by atoms with van der Waals surface area (Å²) in [6.07, 6.45) is 0.286. The zero-order chi connectivity index (χ0) is 19.2. The average molecular weight is 486 g/mol. The monoisotopic (exact) mass is 486 g/mol. The van der Waals surface area contributed by atoms with Crippen molar-refractivity contribution >= 4 is 38.5 Å². The van der Waals surface area contributed by atoms with Crippen molar-refractivity contribution < 1.29 is 13.2 Å². The highest BCUT2D eigenvalue weighted by molar-refractivity contribution is 14.1. The molecular weight excluding hydrogens is 463 g/mol. The molecule has 0 saturated heterocycles. The maximum Gasteiger partial charge on any atom is 0.241 e. The molecule has 0 heterocycles. The number of hydrogen-bond acceptors (Lipinski definition) is 3. The Hall–Kier alpha value is -1.45. The first-order valence-electron chi connectivity index (χ1n) is 8.37. The molecule has 140 valence electrons. The molecule has 0 bridgehead atoms. The van der Waals surface area contributed by atoms with Crippen molar-refractivity contribution in [1.29, 1.82) is 0 Å². The fraction of sp³-hybridized carbons (Fsp3) is 0.316. The molecule has 0 aliphatic carbocycles. The lowest BCUT2D eigenvalue weighted by molar-refractivity contribution is -0.122. The molecule has 0 fully saturated rings. The standard InChI is InChI=1S/C19H23IN2O3S/c1-14(2)13-21-19(23)18(12-15-6-4-3-5-7-15)22-26(24,25)17-10-8-16(20)9-11-17/h3-11,14,18,22H,12-13H2,1-2H3,(H,21,23)/t18-/m1/s1. The number of carbonyl (C=O) groups excluding carboxylic acids is 1. The van der Waals surface area contributed by atoms with Gasteiger partial charge in [-0.1, -0.05) is 44.2 Å². The molecule has 2 N–H and O–H groups in total. The number of halogens is 1. The molecule has 0 aromatic heterocycles. The van der Waals surface area contributed by atoms with E-state index in [9.17, 15) is 13.2 Å². The van der Waals surface area contributed by atoms with Crippen LogP contribution in [0.3, 0.4) is 0 Å². The average Bonchev–Trinajstić information content (AvgIpc) is 2.60. The summed E-state index contributed by atoms with van der Waals surface area (Å²) < 4.78 is 28.9. The second-order valence-electron chi connectivity index (χ2n) is 6.46. The van der Waals surface area contributed by atoms with Crippen molar-refractivity contribution in [2.75, 3.05) is 6.54 Å². The van der Waals surface area contributed by atoms with Crippen LogP contribution in [0, 0.1) is 9.49 Å². The lowest BCUT2D eigenvalue weighted by Gasteiger charge is -2.19. The quantitative estimate of drug-likeness (QED) is 0.564. The Kier molecular flexibility index (Phi) is 7.60. The Balaban J connectivity index is 2.21. The van der Waals surface area contributed by atoms with Crippen LogP contribution in [0.2, 0.25) is 0 Å². The predicted molar refractivity (Wildman–Crippen MR) is 111 cm³/mol. The van der Waals surface area contributed by atoms with Crippen LogP contribution in [0.15, 0.2) is 59.5 Å². The van der Waals surface area contributed by atoms with Gasteiger partial charge in [-0.05, 0) is 64.8 Å². The molecule has 26 heavy (non-hydrogen) atoms. The molecule has 0 saturated carbocycles. The van der Waals surface area contributed by atoms with E-state index in [2.05, 4.69) is 32.6 Å². The van der Waals surface area contributed by atoms with E-state index < -0.39 is 16.1 Å². The number of sulfonamides is 1. The van der Waals surface area contributed by atoms with Gasteiger partial charge in [-0.15, -0.1) is 0 Å². The van der Waals surface area contributed by atoms with Gasteiger partial charge in [0.2, 0.25) is 15.9 Å². The van der Waals surface area contributed by atoms with Gasteiger partial charge in [0.25, 0.3) is 0 Å². The highest BCUT2D eigenvalue weighted by Crippen LogP contribution is 2.14. The molecular formula is C19H23IN2O3S. The minimum Gasteiger partial charge on any atom is -0.354 e. The van der Waals surface area contributed by atoms with Crippen LogP contribution in [-0.4, -0.2) is 26.9 Å². The molecule has 1 atom stereocenters. The van der Waals surface area contributed by atoms with Gasteiger partial charge in [0.15, 0.2) is 0 Å². The smallest absolute Gasteiger partial charge is 0.241 e. The summed E-state index contributed by atoms with van der Waals surface area (Å²) in [4.78, 5) is 12.7. The molecule has 1 amide bonds. The van der Waals surface area contributed by atoms with E-state index >= 15 is 0 Å². The number of rotatable bonds is 8. The van der Waals surface area contributed by atoms with Crippen molar-refractivity contribution in [3.8, 4) is 0 Å². The van der Waals surface area contributed by atoms with E-state index in [-0.39, 0.29) is 23.1 Å². The Labute approximate surface area is 168 Å². The first-order chi connectivity index (χ1) is 12.3. The SMILES string of the molecule is CC(C)CNC(=O)[C@@H](Cc1ccccc1)NS(=O)(=O)c1ccc(I)cc1. The highest BCUT2D eigenvalue weighted by atomic mass is 127. The van der Waals surface area contributed by atoms with Gasteiger partial charge in [0.1, 0.15) is 6.04 Å². The van der Waals surface area contributed by atoms with Crippen LogP contribution in [0.25, 0.3) is 0 Å². The van der Waals surface area contributed by atoms with Gasteiger partial charge < -0.3 is 5.32 Å². The lowest BCUT2D eigenvalue weighted by atomic mass is 10.1. The molecule has 0 spiro atoms. The zero-order valence-corrected chi connectivity index (χ0v) is 17.8. The second-order valence-corrected chi connectivity index (χ2v) is 9.42. The van der Waals surface area contributed by atoms with Gasteiger partial charge in [-0.3, -0.25) is 4.79 Å². The van der Waals surface area contributed by atoms with Crippen LogP contribution in [-0.2, 0) is 21.2 Å². The minimum absolute atomic E-state index is 0.146. The van der Waals surface area contributed by atoms with Crippen molar-refractivity contribution in [3.05, 3.63) is 63.7 Å². The number of nitrogens with one attached hydrogen (secondary N) is 2. The molecule has 7 heteroatoms. The van der Waals surface area contributed by atoms with Gasteiger partial charge >= 0.3 is 0 Å². The van der Waals surface area contributed by atoms with Crippen LogP contribution >= 0.6 is 22.6 Å². The molecule has 5 nitrogen and oxygen atoms in total.